The summed E-state index contributed by atoms with van der Waals surface area (Å²) in [5.74, 6) is -1.96. The normalized spacial score (nSPS) is 10.9. The molecule has 3 N–H and O–H groups in total. The van der Waals surface area contributed by atoms with Gasteiger partial charge in [-0.2, -0.15) is 0 Å². The van der Waals surface area contributed by atoms with Gasteiger partial charge in [-0.05, 0) is 37.0 Å². The topological polar surface area (TPSA) is 114 Å². The fourth-order valence-corrected chi connectivity index (χ4v) is 2.03. The second-order valence-corrected chi connectivity index (χ2v) is 7.35. The van der Waals surface area contributed by atoms with Crippen molar-refractivity contribution in [3.63, 3.8) is 0 Å². The van der Waals surface area contributed by atoms with Gasteiger partial charge in [0.1, 0.15) is 6.54 Å². The minimum atomic E-state index is -0.783. The van der Waals surface area contributed by atoms with Crippen LogP contribution in [0, 0.1) is 0 Å². The molecule has 0 atom stereocenters. The fraction of sp³-hybridized carbons (Fsp3) is 0.474. The number of hydrogen-bond acceptors (Lipinski definition) is 5. The van der Waals surface area contributed by atoms with E-state index >= 15 is 0 Å². The molecular formula is C19H27N3O5. The number of amides is 4. The third-order valence-electron chi connectivity index (χ3n) is 3.44. The van der Waals surface area contributed by atoms with Crippen LogP contribution in [-0.4, -0.2) is 43.0 Å². The Balaban J connectivity index is 2.38. The average Bonchev–Trinajstić information content (AvgIpc) is 2.56. The third kappa shape index (κ3) is 8.35. The lowest BCUT2D eigenvalue weighted by molar-refractivity contribution is -0.147. The standard InChI is InChI=1S/C19H27N3O5/c1-12(2)21-18(26)22-15(23)11-27-16(24)10-20-17(25)13-6-8-14(9-7-13)19(3,4)5/h6-9,12H,10-11H2,1-5H3,(H,20,25)(H2,21,22,23,26). The highest BCUT2D eigenvalue weighted by Crippen LogP contribution is 2.22. The second kappa shape index (κ2) is 9.70. The summed E-state index contributed by atoms with van der Waals surface area (Å²) in [5, 5.41) is 6.91. The van der Waals surface area contributed by atoms with E-state index in [1.165, 1.54) is 0 Å². The molecule has 8 heteroatoms. The van der Waals surface area contributed by atoms with Gasteiger partial charge < -0.3 is 15.4 Å². The van der Waals surface area contributed by atoms with E-state index in [0.29, 0.717) is 5.56 Å². The number of esters is 1. The van der Waals surface area contributed by atoms with Crippen molar-refractivity contribution >= 4 is 23.8 Å². The Hall–Kier alpha value is -2.90. The van der Waals surface area contributed by atoms with Gasteiger partial charge in [0, 0.05) is 11.6 Å². The van der Waals surface area contributed by atoms with Crippen LogP contribution in [0.4, 0.5) is 4.79 Å². The SMILES string of the molecule is CC(C)NC(=O)NC(=O)COC(=O)CNC(=O)c1ccc(C(C)(C)C)cc1. The molecule has 4 amide bonds. The molecule has 0 fully saturated rings. The molecule has 0 saturated carbocycles. The molecule has 148 valence electrons. The summed E-state index contributed by atoms with van der Waals surface area (Å²) in [6.07, 6.45) is 0. The molecule has 0 unspecified atom stereocenters. The molecule has 0 aromatic heterocycles. The van der Waals surface area contributed by atoms with E-state index in [-0.39, 0.29) is 18.0 Å². The van der Waals surface area contributed by atoms with Crippen LogP contribution in [0.15, 0.2) is 24.3 Å². The van der Waals surface area contributed by atoms with Gasteiger partial charge in [0.2, 0.25) is 0 Å². The first kappa shape index (κ1) is 22.1. The molecule has 0 aliphatic heterocycles. The van der Waals surface area contributed by atoms with Gasteiger partial charge in [0.15, 0.2) is 6.61 Å². The molecule has 1 aromatic rings. The highest BCUT2D eigenvalue weighted by Gasteiger charge is 2.15. The van der Waals surface area contributed by atoms with Crippen molar-refractivity contribution in [2.45, 2.75) is 46.1 Å². The number of benzene rings is 1. The van der Waals surface area contributed by atoms with Crippen molar-refractivity contribution in [1.82, 2.24) is 16.0 Å². The molecule has 1 rings (SSSR count). The Labute approximate surface area is 159 Å². The highest BCUT2D eigenvalue weighted by molar-refractivity contribution is 5.97. The van der Waals surface area contributed by atoms with Crippen LogP contribution in [0.1, 0.15) is 50.5 Å². The Morgan fingerprint density at radius 3 is 2.15 bits per heavy atom. The highest BCUT2D eigenvalue weighted by atomic mass is 16.5. The molecule has 0 aliphatic rings. The van der Waals surface area contributed by atoms with Crippen molar-refractivity contribution in [1.29, 1.82) is 0 Å². The number of rotatable bonds is 6. The van der Waals surface area contributed by atoms with Crippen LogP contribution in [0.5, 0.6) is 0 Å². The van der Waals surface area contributed by atoms with Crippen molar-refractivity contribution < 1.29 is 23.9 Å². The van der Waals surface area contributed by atoms with Crippen LogP contribution < -0.4 is 16.0 Å². The van der Waals surface area contributed by atoms with Crippen molar-refractivity contribution in [2.24, 2.45) is 0 Å². The van der Waals surface area contributed by atoms with Crippen molar-refractivity contribution in [3.05, 3.63) is 35.4 Å². The Kier molecular flexibility index (Phi) is 7.96. The van der Waals surface area contributed by atoms with Gasteiger partial charge in [-0.3, -0.25) is 19.7 Å². The van der Waals surface area contributed by atoms with Gasteiger partial charge in [-0.15, -0.1) is 0 Å². The number of hydrogen-bond donors (Lipinski definition) is 3. The van der Waals surface area contributed by atoms with E-state index < -0.39 is 30.4 Å². The number of ether oxygens (including phenoxy) is 1. The number of nitrogens with one attached hydrogen (secondary N) is 3. The largest absolute Gasteiger partial charge is 0.454 e. The maximum absolute atomic E-state index is 12.0. The lowest BCUT2D eigenvalue weighted by atomic mass is 9.87. The van der Waals surface area contributed by atoms with Crippen LogP contribution in [0.3, 0.4) is 0 Å². The summed E-state index contributed by atoms with van der Waals surface area (Å²) in [5.41, 5.74) is 1.48. The average molecular weight is 377 g/mol. The smallest absolute Gasteiger partial charge is 0.325 e. The van der Waals surface area contributed by atoms with Gasteiger partial charge in [0.25, 0.3) is 11.8 Å². The molecule has 27 heavy (non-hydrogen) atoms. The second-order valence-electron chi connectivity index (χ2n) is 7.35. The summed E-state index contributed by atoms with van der Waals surface area (Å²) in [6, 6.07) is 6.29. The van der Waals surface area contributed by atoms with Crippen LogP contribution >= 0.6 is 0 Å². The summed E-state index contributed by atoms with van der Waals surface area (Å²) < 4.78 is 4.71. The van der Waals surface area contributed by atoms with E-state index in [0.717, 1.165) is 5.56 Å². The fourth-order valence-electron chi connectivity index (χ4n) is 2.03. The summed E-state index contributed by atoms with van der Waals surface area (Å²) in [7, 11) is 0. The Bertz CT molecular complexity index is 690. The molecule has 0 radical (unpaired) electrons. The van der Waals surface area contributed by atoms with Crippen molar-refractivity contribution in [2.75, 3.05) is 13.2 Å². The molecule has 0 bridgehead atoms. The van der Waals surface area contributed by atoms with Gasteiger partial charge in [-0.1, -0.05) is 32.9 Å². The predicted octanol–water partition coefficient (Wildman–Crippen LogP) is 1.49. The first-order valence-electron chi connectivity index (χ1n) is 8.63. The maximum atomic E-state index is 12.0. The maximum Gasteiger partial charge on any atom is 0.325 e. The van der Waals surface area contributed by atoms with Crippen molar-refractivity contribution in [3.8, 4) is 0 Å². The van der Waals surface area contributed by atoms with Crippen LogP contribution in [0.25, 0.3) is 0 Å². The van der Waals surface area contributed by atoms with Gasteiger partial charge in [0.05, 0.1) is 0 Å². The first-order chi connectivity index (χ1) is 12.5. The summed E-state index contributed by atoms with van der Waals surface area (Å²) >= 11 is 0. The molecular weight excluding hydrogens is 350 g/mol. The monoisotopic (exact) mass is 377 g/mol. The van der Waals surface area contributed by atoms with Gasteiger partial charge >= 0.3 is 12.0 Å². The first-order valence-corrected chi connectivity index (χ1v) is 8.63. The van der Waals surface area contributed by atoms with E-state index in [1.54, 1.807) is 26.0 Å². The molecule has 0 saturated heterocycles. The van der Waals surface area contributed by atoms with Gasteiger partial charge in [-0.25, -0.2) is 4.79 Å². The van der Waals surface area contributed by atoms with E-state index in [1.807, 2.05) is 17.4 Å². The number of carbonyl (C=O) groups excluding carboxylic acids is 4. The molecule has 0 heterocycles. The summed E-state index contributed by atoms with van der Waals surface area (Å²) in [4.78, 5) is 46.5. The predicted molar refractivity (Wildman–Crippen MR) is 100 cm³/mol. The van der Waals surface area contributed by atoms with E-state index in [9.17, 15) is 19.2 Å². The zero-order valence-corrected chi connectivity index (χ0v) is 16.3. The minimum absolute atomic E-state index is 0.0224. The Morgan fingerprint density at radius 1 is 1.04 bits per heavy atom. The number of imide groups is 1. The number of carbonyl (C=O) groups is 4. The van der Waals surface area contributed by atoms with E-state index in [4.69, 9.17) is 4.74 Å². The minimum Gasteiger partial charge on any atom is -0.454 e. The molecule has 8 nitrogen and oxygen atoms in total. The molecule has 0 spiro atoms. The number of urea groups is 1. The Morgan fingerprint density at radius 2 is 1.63 bits per heavy atom. The third-order valence-corrected chi connectivity index (χ3v) is 3.44. The zero-order chi connectivity index (χ0) is 20.6. The van der Waals surface area contributed by atoms with E-state index in [2.05, 4.69) is 31.4 Å². The lowest BCUT2D eigenvalue weighted by Crippen LogP contribution is -2.44. The zero-order valence-electron chi connectivity index (χ0n) is 16.3. The summed E-state index contributed by atoms with van der Waals surface area (Å²) in [6.45, 7) is 8.70. The van der Waals surface area contributed by atoms with Crippen LogP contribution in [-0.2, 0) is 19.7 Å². The molecule has 1 aromatic carbocycles. The molecule has 0 aliphatic carbocycles. The quantitative estimate of drug-likeness (QED) is 0.650. The lowest BCUT2D eigenvalue weighted by Gasteiger charge is -2.19. The van der Waals surface area contributed by atoms with Crippen LogP contribution in [0.2, 0.25) is 0 Å².